The monoisotopic (exact) mass is 307 g/mol. The number of nitrogens with zero attached hydrogens (tertiary/aromatic N) is 3. The highest BCUT2D eigenvalue weighted by Gasteiger charge is 2.08. The third-order valence-electron chi connectivity index (χ3n) is 1.40. The molecule has 0 aromatic carbocycles. The molecule has 2 aromatic rings. The number of hydrogen-bond donors (Lipinski definition) is 0. The number of rotatable bonds is 1. The van der Waals surface area contributed by atoms with E-state index < -0.39 is 0 Å². The number of hydrogen-bond acceptors (Lipinski definition) is 4. The number of halogens is 2. The summed E-state index contributed by atoms with van der Waals surface area (Å²) in [6, 6.07) is 1.59. The van der Waals surface area contributed by atoms with Crippen molar-refractivity contribution in [2.75, 3.05) is 0 Å². The second-order valence-electron chi connectivity index (χ2n) is 2.22. The molecule has 2 aromatic heterocycles. The molecule has 0 saturated heterocycles. The van der Waals surface area contributed by atoms with E-state index in [0.717, 1.165) is 0 Å². The normalized spacial score (nSPS) is 10.3. The van der Waals surface area contributed by atoms with Gasteiger partial charge in [0.2, 0.25) is 3.83 Å². The summed E-state index contributed by atoms with van der Waals surface area (Å²) in [5, 5.41) is 0.587. The van der Waals surface area contributed by atoms with E-state index in [2.05, 4.69) is 14.3 Å². The summed E-state index contributed by atoms with van der Waals surface area (Å²) in [5.74, 6) is -0.366. The van der Waals surface area contributed by atoms with E-state index in [9.17, 15) is 4.39 Å². The van der Waals surface area contributed by atoms with Crippen molar-refractivity contribution in [1.82, 2.24) is 14.3 Å². The molecule has 6 heteroatoms. The van der Waals surface area contributed by atoms with Crippen molar-refractivity contribution in [2.45, 2.75) is 0 Å². The summed E-state index contributed by atoms with van der Waals surface area (Å²) in [4.78, 5) is 7.72. The number of pyridine rings is 1. The van der Waals surface area contributed by atoms with Gasteiger partial charge in [-0.3, -0.25) is 4.98 Å². The van der Waals surface area contributed by atoms with Crippen LogP contribution in [-0.2, 0) is 0 Å². The van der Waals surface area contributed by atoms with Gasteiger partial charge in [0.25, 0.3) is 0 Å². The Balaban J connectivity index is 2.52. The zero-order chi connectivity index (χ0) is 9.26. The summed E-state index contributed by atoms with van der Waals surface area (Å²) in [6.45, 7) is 0. The quantitative estimate of drug-likeness (QED) is 0.759. The standard InChI is InChI=1S/C7H3FIN3S/c8-5-3-10-2-1-4(5)6-11-7(9)12-13-6/h1-3H. The van der Waals surface area contributed by atoms with Gasteiger partial charge in [0.05, 0.1) is 11.8 Å². The lowest BCUT2D eigenvalue weighted by molar-refractivity contribution is 0.625. The lowest BCUT2D eigenvalue weighted by atomic mass is 10.3. The van der Waals surface area contributed by atoms with Crippen molar-refractivity contribution in [3.8, 4) is 10.6 Å². The van der Waals surface area contributed by atoms with Crippen LogP contribution in [0.1, 0.15) is 0 Å². The van der Waals surface area contributed by atoms with Crippen LogP contribution in [0.2, 0.25) is 0 Å². The molecule has 0 spiro atoms. The van der Waals surface area contributed by atoms with E-state index >= 15 is 0 Å². The highest BCUT2D eigenvalue weighted by molar-refractivity contribution is 14.1. The Labute approximate surface area is 91.4 Å². The van der Waals surface area contributed by atoms with Crippen molar-refractivity contribution in [2.24, 2.45) is 0 Å². The largest absolute Gasteiger partial charge is 0.262 e. The molecule has 0 aliphatic heterocycles. The lowest BCUT2D eigenvalue weighted by Gasteiger charge is -1.94. The fraction of sp³-hybridized carbons (Fsp3) is 0. The number of aromatic nitrogens is 3. The van der Waals surface area contributed by atoms with Gasteiger partial charge < -0.3 is 0 Å². The maximum absolute atomic E-state index is 13.2. The zero-order valence-corrected chi connectivity index (χ0v) is 9.21. The van der Waals surface area contributed by atoms with E-state index in [1.807, 2.05) is 22.6 Å². The Morgan fingerprint density at radius 1 is 1.46 bits per heavy atom. The van der Waals surface area contributed by atoms with Crippen molar-refractivity contribution in [3.05, 3.63) is 28.1 Å². The second-order valence-corrected chi connectivity index (χ2v) is 3.94. The first-order valence-corrected chi connectivity index (χ1v) is 5.21. The third-order valence-corrected chi connectivity index (χ3v) is 2.96. The molecule has 0 aliphatic rings. The molecule has 0 atom stereocenters. The van der Waals surface area contributed by atoms with Crippen LogP contribution in [0.3, 0.4) is 0 Å². The Bertz CT molecular complexity index is 431. The first kappa shape index (κ1) is 8.95. The van der Waals surface area contributed by atoms with Crippen LogP contribution in [0, 0.1) is 9.65 Å². The summed E-state index contributed by atoms with van der Waals surface area (Å²) in [5.41, 5.74) is 0.454. The second kappa shape index (κ2) is 3.62. The molecule has 66 valence electrons. The predicted molar refractivity (Wildman–Crippen MR) is 55.8 cm³/mol. The fourth-order valence-electron chi connectivity index (χ4n) is 0.864. The molecule has 0 aliphatic carbocycles. The minimum atomic E-state index is -0.366. The van der Waals surface area contributed by atoms with Crippen LogP contribution >= 0.6 is 34.1 Å². The van der Waals surface area contributed by atoms with E-state index in [1.54, 1.807) is 6.07 Å². The smallest absolute Gasteiger partial charge is 0.203 e. The van der Waals surface area contributed by atoms with Crippen LogP contribution in [0.15, 0.2) is 18.5 Å². The maximum atomic E-state index is 13.2. The Hall–Kier alpha value is -0.630. The molecule has 13 heavy (non-hydrogen) atoms. The Kier molecular flexibility index (Phi) is 2.49. The minimum Gasteiger partial charge on any atom is -0.262 e. The minimum absolute atomic E-state index is 0.366. The van der Waals surface area contributed by atoms with Crippen molar-refractivity contribution in [1.29, 1.82) is 0 Å². The Morgan fingerprint density at radius 3 is 2.92 bits per heavy atom. The third kappa shape index (κ3) is 1.83. The van der Waals surface area contributed by atoms with Crippen molar-refractivity contribution >= 4 is 34.1 Å². The highest BCUT2D eigenvalue weighted by Crippen LogP contribution is 2.23. The summed E-state index contributed by atoms with van der Waals surface area (Å²) >= 11 is 3.17. The molecule has 0 N–H and O–H groups in total. The van der Waals surface area contributed by atoms with Crippen LogP contribution in [0.25, 0.3) is 10.6 Å². The molecule has 0 radical (unpaired) electrons. The molecule has 0 unspecified atom stereocenters. The molecular weight excluding hydrogens is 304 g/mol. The zero-order valence-electron chi connectivity index (χ0n) is 6.24. The van der Waals surface area contributed by atoms with Gasteiger partial charge in [-0.1, -0.05) is 0 Å². The highest BCUT2D eigenvalue weighted by atomic mass is 127. The lowest BCUT2D eigenvalue weighted by Crippen LogP contribution is -1.84. The van der Waals surface area contributed by atoms with E-state index in [-0.39, 0.29) is 5.82 Å². The summed E-state index contributed by atoms with van der Waals surface area (Å²) in [6.07, 6.45) is 2.70. The van der Waals surface area contributed by atoms with Gasteiger partial charge in [0.1, 0.15) is 5.01 Å². The van der Waals surface area contributed by atoms with Crippen molar-refractivity contribution < 1.29 is 4.39 Å². The van der Waals surface area contributed by atoms with Gasteiger partial charge in [-0.05, 0) is 17.6 Å². The van der Waals surface area contributed by atoms with Gasteiger partial charge in [0, 0.05) is 28.8 Å². The Morgan fingerprint density at radius 2 is 2.31 bits per heavy atom. The molecule has 2 heterocycles. The molecular formula is C7H3FIN3S. The first-order valence-electron chi connectivity index (χ1n) is 3.36. The van der Waals surface area contributed by atoms with Crippen LogP contribution in [0.5, 0.6) is 0 Å². The SMILES string of the molecule is Fc1cnccc1-c1nc(I)ns1. The molecule has 0 fully saturated rings. The summed E-state index contributed by atoms with van der Waals surface area (Å²) in [7, 11) is 0. The fourth-order valence-corrected chi connectivity index (χ4v) is 2.16. The van der Waals surface area contributed by atoms with Gasteiger partial charge in [-0.15, -0.1) is 0 Å². The molecule has 0 amide bonds. The predicted octanol–water partition coefficient (Wildman–Crippen LogP) is 2.34. The molecule has 2 rings (SSSR count). The van der Waals surface area contributed by atoms with Gasteiger partial charge in [-0.2, -0.15) is 4.37 Å². The first-order chi connectivity index (χ1) is 6.27. The van der Waals surface area contributed by atoms with Crippen LogP contribution < -0.4 is 0 Å². The maximum Gasteiger partial charge on any atom is 0.203 e. The van der Waals surface area contributed by atoms with Gasteiger partial charge in [-0.25, -0.2) is 9.37 Å². The van der Waals surface area contributed by atoms with Crippen LogP contribution in [-0.4, -0.2) is 14.3 Å². The van der Waals surface area contributed by atoms with E-state index in [0.29, 0.717) is 14.4 Å². The van der Waals surface area contributed by atoms with Crippen molar-refractivity contribution in [3.63, 3.8) is 0 Å². The topological polar surface area (TPSA) is 38.7 Å². The average Bonchev–Trinajstić information content (AvgIpc) is 2.53. The molecule has 0 bridgehead atoms. The molecule has 0 saturated carbocycles. The van der Waals surface area contributed by atoms with Crippen LogP contribution in [0.4, 0.5) is 4.39 Å². The molecule has 3 nitrogen and oxygen atoms in total. The van der Waals surface area contributed by atoms with E-state index in [4.69, 9.17) is 0 Å². The average molecular weight is 307 g/mol. The summed E-state index contributed by atoms with van der Waals surface area (Å²) < 4.78 is 17.8. The van der Waals surface area contributed by atoms with Gasteiger partial charge >= 0.3 is 0 Å². The van der Waals surface area contributed by atoms with Gasteiger partial charge in [0.15, 0.2) is 5.82 Å². The van der Waals surface area contributed by atoms with E-state index in [1.165, 1.54) is 23.9 Å².